The summed E-state index contributed by atoms with van der Waals surface area (Å²) < 4.78 is 0. The highest BCUT2D eigenvalue weighted by molar-refractivity contribution is 6.30. The van der Waals surface area contributed by atoms with Crippen LogP contribution in [0.15, 0.2) is 42.5 Å². The summed E-state index contributed by atoms with van der Waals surface area (Å²) in [6.45, 7) is 1.39. The van der Waals surface area contributed by atoms with E-state index in [9.17, 15) is 10.2 Å². The highest BCUT2D eigenvalue weighted by Crippen LogP contribution is 2.28. The molecule has 0 radical (unpaired) electrons. The molecule has 2 atom stereocenters. The van der Waals surface area contributed by atoms with Crippen molar-refractivity contribution in [1.29, 1.82) is 0 Å². The van der Waals surface area contributed by atoms with Crippen LogP contribution in [0.3, 0.4) is 0 Å². The number of hydrogen-bond acceptors (Lipinski definition) is 3. The number of benzene rings is 2. The van der Waals surface area contributed by atoms with Gasteiger partial charge in [0.25, 0.3) is 0 Å². The molecule has 0 unspecified atom stereocenters. The van der Waals surface area contributed by atoms with Crippen LogP contribution in [0.4, 0.5) is 0 Å². The zero-order chi connectivity index (χ0) is 16.2. The zero-order valence-corrected chi connectivity index (χ0v) is 13.8. The molecule has 0 fully saturated rings. The van der Waals surface area contributed by atoms with Crippen molar-refractivity contribution in [2.75, 3.05) is 13.1 Å². The topological polar surface area (TPSA) is 52.5 Å². The molecule has 3 N–H and O–H groups in total. The second-order valence-corrected chi connectivity index (χ2v) is 6.73. The first-order valence-corrected chi connectivity index (χ1v) is 8.44. The minimum absolute atomic E-state index is 0.341. The van der Waals surface area contributed by atoms with Gasteiger partial charge in [-0.25, -0.2) is 0 Å². The van der Waals surface area contributed by atoms with Gasteiger partial charge >= 0.3 is 0 Å². The van der Waals surface area contributed by atoms with Gasteiger partial charge in [-0.05, 0) is 72.7 Å². The van der Waals surface area contributed by atoms with E-state index in [2.05, 4.69) is 5.32 Å². The fraction of sp³-hybridized carbons (Fsp3) is 0.368. The van der Waals surface area contributed by atoms with Gasteiger partial charge in [-0.1, -0.05) is 29.8 Å². The second-order valence-electron chi connectivity index (χ2n) is 6.29. The Labute approximate surface area is 141 Å². The molecule has 2 aromatic carbocycles. The average Bonchev–Trinajstić information content (AvgIpc) is 2.54. The van der Waals surface area contributed by atoms with Gasteiger partial charge in [-0.15, -0.1) is 0 Å². The first-order valence-electron chi connectivity index (χ1n) is 8.07. The Kier molecular flexibility index (Phi) is 5.21. The minimum Gasteiger partial charge on any atom is -0.508 e. The Morgan fingerprint density at radius 1 is 1.17 bits per heavy atom. The molecule has 1 aliphatic carbocycles. The molecule has 0 bridgehead atoms. The molecule has 0 heterocycles. The smallest absolute Gasteiger partial charge is 0.115 e. The average molecular weight is 332 g/mol. The molecule has 23 heavy (non-hydrogen) atoms. The lowest BCUT2D eigenvalue weighted by molar-refractivity contribution is 0.172. The molecule has 0 aromatic heterocycles. The highest BCUT2D eigenvalue weighted by Gasteiger charge is 2.19. The normalized spacial score (nSPS) is 18.4. The monoisotopic (exact) mass is 331 g/mol. The molecular weight excluding hydrogens is 310 g/mol. The van der Waals surface area contributed by atoms with Crippen molar-refractivity contribution in [1.82, 2.24) is 5.32 Å². The maximum absolute atomic E-state index is 10.2. The molecule has 0 spiro atoms. The SMILES string of the molecule is Oc1ccc2c(c1)C[C@H](CNC[C@H](O)c1cccc(Cl)c1)CC2. The maximum atomic E-state index is 10.2. The number of aromatic hydroxyl groups is 1. The molecular formula is C19H22ClNO2. The summed E-state index contributed by atoms with van der Waals surface area (Å²) in [6, 6.07) is 13.0. The van der Waals surface area contributed by atoms with Gasteiger partial charge in [-0.2, -0.15) is 0 Å². The Morgan fingerprint density at radius 3 is 2.87 bits per heavy atom. The fourth-order valence-electron chi connectivity index (χ4n) is 3.25. The Balaban J connectivity index is 1.50. The molecule has 3 nitrogen and oxygen atoms in total. The van der Waals surface area contributed by atoms with Crippen molar-refractivity contribution in [2.24, 2.45) is 5.92 Å². The Hall–Kier alpha value is -1.55. The summed E-state index contributed by atoms with van der Waals surface area (Å²) >= 11 is 5.95. The molecule has 0 saturated carbocycles. The van der Waals surface area contributed by atoms with E-state index in [1.165, 1.54) is 11.1 Å². The van der Waals surface area contributed by atoms with Gasteiger partial charge in [0.2, 0.25) is 0 Å². The lowest BCUT2D eigenvalue weighted by atomic mass is 9.84. The number of hydrogen-bond donors (Lipinski definition) is 3. The van der Waals surface area contributed by atoms with Crippen LogP contribution < -0.4 is 5.32 Å². The van der Waals surface area contributed by atoms with Crippen molar-refractivity contribution in [3.63, 3.8) is 0 Å². The van der Waals surface area contributed by atoms with E-state index in [4.69, 9.17) is 11.6 Å². The number of phenolic OH excluding ortho intramolecular Hbond substituents is 1. The van der Waals surface area contributed by atoms with Gasteiger partial charge in [0.1, 0.15) is 5.75 Å². The van der Waals surface area contributed by atoms with Crippen LogP contribution in [0.5, 0.6) is 5.75 Å². The predicted molar refractivity (Wildman–Crippen MR) is 92.9 cm³/mol. The Bertz CT molecular complexity index is 674. The van der Waals surface area contributed by atoms with E-state index in [0.717, 1.165) is 31.4 Å². The van der Waals surface area contributed by atoms with Crippen molar-refractivity contribution in [3.05, 3.63) is 64.2 Å². The molecule has 0 amide bonds. The number of aliphatic hydroxyl groups excluding tert-OH is 1. The highest BCUT2D eigenvalue weighted by atomic mass is 35.5. The third-order valence-electron chi connectivity index (χ3n) is 4.52. The molecule has 122 valence electrons. The number of rotatable bonds is 5. The van der Waals surface area contributed by atoms with Gasteiger partial charge < -0.3 is 15.5 Å². The Morgan fingerprint density at radius 2 is 2.04 bits per heavy atom. The van der Waals surface area contributed by atoms with E-state index in [0.29, 0.717) is 23.2 Å². The van der Waals surface area contributed by atoms with Crippen LogP contribution in [0.25, 0.3) is 0 Å². The van der Waals surface area contributed by atoms with E-state index < -0.39 is 6.10 Å². The summed E-state index contributed by atoms with van der Waals surface area (Å²) in [5.41, 5.74) is 3.43. The molecule has 0 saturated heterocycles. The van der Waals surface area contributed by atoms with Gasteiger partial charge in [-0.3, -0.25) is 0 Å². The standard InChI is InChI=1S/C19H22ClNO2/c20-17-3-1-2-15(9-17)19(23)12-21-11-13-4-5-14-6-7-18(22)10-16(14)8-13/h1-3,6-7,9-10,13,19,21-23H,4-5,8,11-12H2/t13-,19+/m1/s1. The van der Waals surface area contributed by atoms with Crippen molar-refractivity contribution < 1.29 is 10.2 Å². The minimum atomic E-state index is -0.548. The van der Waals surface area contributed by atoms with Crippen LogP contribution in [0, 0.1) is 5.92 Å². The van der Waals surface area contributed by atoms with Gasteiger partial charge in [0.15, 0.2) is 0 Å². The first kappa shape index (κ1) is 16.3. The number of aryl methyl sites for hydroxylation is 1. The lowest BCUT2D eigenvalue weighted by Gasteiger charge is -2.25. The number of nitrogens with one attached hydrogen (secondary N) is 1. The molecule has 2 aromatic rings. The molecule has 0 aliphatic heterocycles. The van der Waals surface area contributed by atoms with E-state index in [1.54, 1.807) is 18.2 Å². The van der Waals surface area contributed by atoms with Gasteiger partial charge in [0.05, 0.1) is 6.10 Å². The third kappa shape index (κ3) is 4.25. The van der Waals surface area contributed by atoms with Crippen molar-refractivity contribution in [2.45, 2.75) is 25.4 Å². The largest absolute Gasteiger partial charge is 0.508 e. The molecule has 1 aliphatic rings. The molecule has 4 heteroatoms. The van der Waals surface area contributed by atoms with Crippen molar-refractivity contribution in [3.8, 4) is 5.75 Å². The fourth-order valence-corrected chi connectivity index (χ4v) is 3.45. The number of aliphatic hydroxyl groups is 1. The summed E-state index contributed by atoms with van der Waals surface area (Å²) in [4.78, 5) is 0. The van der Waals surface area contributed by atoms with Crippen LogP contribution >= 0.6 is 11.6 Å². The van der Waals surface area contributed by atoms with E-state index in [1.807, 2.05) is 24.3 Å². The number of phenols is 1. The lowest BCUT2D eigenvalue weighted by Crippen LogP contribution is -2.30. The van der Waals surface area contributed by atoms with Crippen LogP contribution in [0.1, 0.15) is 29.2 Å². The summed E-state index contributed by atoms with van der Waals surface area (Å²) in [7, 11) is 0. The maximum Gasteiger partial charge on any atom is 0.115 e. The van der Waals surface area contributed by atoms with Crippen LogP contribution in [-0.4, -0.2) is 23.3 Å². The van der Waals surface area contributed by atoms with Crippen molar-refractivity contribution >= 4 is 11.6 Å². The second kappa shape index (κ2) is 7.35. The summed E-state index contributed by atoms with van der Waals surface area (Å²) in [6.07, 6.45) is 2.62. The summed E-state index contributed by atoms with van der Waals surface area (Å²) in [5, 5.41) is 23.8. The summed E-state index contributed by atoms with van der Waals surface area (Å²) in [5.74, 6) is 0.879. The van der Waals surface area contributed by atoms with Crippen LogP contribution in [0.2, 0.25) is 5.02 Å². The van der Waals surface area contributed by atoms with Gasteiger partial charge in [0, 0.05) is 11.6 Å². The number of fused-ring (bicyclic) bond motifs is 1. The quantitative estimate of drug-likeness (QED) is 0.786. The van der Waals surface area contributed by atoms with E-state index in [-0.39, 0.29) is 0 Å². The van der Waals surface area contributed by atoms with Crippen LogP contribution in [-0.2, 0) is 12.8 Å². The number of halogens is 1. The zero-order valence-electron chi connectivity index (χ0n) is 13.0. The third-order valence-corrected chi connectivity index (χ3v) is 4.76. The molecule has 3 rings (SSSR count). The van der Waals surface area contributed by atoms with E-state index >= 15 is 0 Å². The predicted octanol–water partition coefficient (Wildman–Crippen LogP) is 3.47. The first-order chi connectivity index (χ1) is 11.1.